The number of nitriles is 1. The zero-order valence-electron chi connectivity index (χ0n) is 6.34. The Morgan fingerprint density at radius 3 is 2.91 bits per heavy atom. The van der Waals surface area contributed by atoms with Gasteiger partial charge in [-0.25, -0.2) is 0 Å². The average Bonchev–Trinajstić information content (AvgIpc) is 2.03. The molecule has 11 heavy (non-hydrogen) atoms. The van der Waals surface area contributed by atoms with Crippen molar-refractivity contribution in [2.24, 2.45) is 0 Å². The molecule has 0 spiro atoms. The zero-order chi connectivity index (χ0) is 8.69. The summed E-state index contributed by atoms with van der Waals surface area (Å²) in [6, 6.07) is 1.89. The Hall–Kier alpha value is -0.560. The van der Waals surface area contributed by atoms with Crippen LogP contribution in [-0.4, -0.2) is 17.4 Å². The summed E-state index contributed by atoms with van der Waals surface area (Å²) in [6.07, 6.45) is 0.959. The molecule has 0 saturated carbocycles. The molecule has 0 aromatic rings. The highest BCUT2D eigenvalue weighted by atomic mass is 79.9. The summed E-state index contributed by atoms with van der Waals surface area (Å²) in [5.41, 5.74) is 0. The van der Waals surface area contributed by atoms with Crippen LogP contribution in [0.4, 0.5) is 0 Å². The maximum absolute atomic E-state index is 10.9. The minimum Gasteiger partial charge on any atom is -0.464 e. The van der Waals surface area contributed by atoms with Crippen molar-refractivity contribution in [3.63, 3.8) is 0 Å². The summed E-state index contributed by atoms with van der Waals surface area (Å²) in [7, 11) is 0. The van der Waals surface area contributed by atoms with Crippen LogP contribution >= 0.6 is 15.9 Å². The Labute approximate surface area is 74.5 Å². The van der Waals surface area contributed by atoms with Gasteiger partial charge >= 0.3 is 5.97 Å². The van der Waals surface area contributed by atoms with E-state index < -0.39 is 0 Å². The van der Waals surface area contributed by atoms with Crippen molar-refractivity contribution in [2.45, 2.75) is 24.6 Å². The van der Waals surface area contributed by atoms with Gasteiger partial charge < -0.3 is 4.74 Å². The van der Waals surface area contributed by atoms with E-state index in [1.807, 2.05) is 13.0 Å². The lowest BCUT2D eigenvalue weighted by Gasteiger charge is -2.05. The fourth-order valence-corrected chi connectivity index (χ4v) is 0.587. The Bertz CT molecular complexity index is 164. The second-order valence-corrected chi connectivity index (χ2v) is 3.06. The molecule has 0 aromatic carbocycles. The average molecular weight is 220 g/mol. The van der Waals surface area contributed by atoms with Crippen molar-refractivity contribution >= 4 is 21.9 Å². The van der Waals surface area contributed by atoms with Crippen LogP contribution in [0.5, 0.6) is 0 Å². The molecule has 0 amide bonds. The summed E-state index contributed by atoms with van der Waals surface area (Å²) >= 11 is 3.14. The van der Waals surface area contributed by atoms with Crippen molar-refractivity contribution in [3.8, 4) is 6.07 Å². The van der Waals surface area contributed by atoms with Crippen molar-refractivity contribution in [3.05, 3.63) is 0 Å². The maximum Gasteiger partial charge on any atom is 0.319 e. The van der Waals surface area contributed by atoms with Crippen LogP contribution in [-0.2, 0) is 9.53 Å². The van der Waals surface area contributed by atoms with Gasteiger partial charge in [0.2, 0.25) is 0 Å². The first-order valence-electron chi connectivity index (χ1n) is 3.40. The fourth-order valence-electron chi connectivity index (χ4n) is 0.454. The molecule has 0 radical (unpaired) electrons. The third-order valence-corrected chi connectivity index (χ3v) is 2.09. The summed E-state index contributed by atoms with van der Waals surface area (Å²) in [4.78, 5) is 10.6. The monoisotopic (exact) mass is 219 g/mol. The smallest absolute Gasteiger partial charge is 0.319 e. The number of nitrogens with zero attached hydrogens (tertiary/aromatic N) is 1. The van der Waals surface area contributed by atoms with Gasteiger partial charge in [0, 0.05) is 0 Å². The lowest BCUT2D eigenvalue weighted by molar-refractivity contribution is -0.142. The van der Waals surface area contributed by atoms with Crippen molar-refractivity contribution in [1.29, 1.82) is 5.26 Å². The van der Waals surface area contributed by atoms with E-state index >= 15 is 0 Å². The SMILES string of the molecule is CCC(Br)C(=O)OCCC#N. The predicted molar refractivity (Wildman–Crippen MR) is 44.2 cm³/mol. The molecule has 1 atom stereocenters. The first kappa shape index (κ1) is 10.4. The second-order valence-electron chi connectivity index (χ2n) is 1.95. The van der Waals surface area contributed by atoms with Crippen LogP contribution in [0.1, 0.15) is 19.8 Å². The largest absolute Gasteiger partial charge is 0.464 e. The molecule has 1 unspecified atom stereocenters. The van der Waals surface area contributed by atoms with Gasteiger partial charge in [0.15, 0.2) is 0 Å². The molecule has 0 aliphatic carbocycles. The predicted octanol–water partition coefficient (Wildman–Crippen LogP) is 1.62. The van der Waals surface area contributed by atoms with E-state index in [9.17, 15) is 4.79 Å². The molecule has 0 fully saturated rings. The third-order valence-electron chi connectivity index (χ3n) is 1.07. The van der Waals surface area contributed by atoms with Crippen LogP contribution in [0.3, 0.4) is 0 Å². The molecule has 0 saturated heterocycles. The number of carbonyl (C=O) groups excluding carboxylic acids is 1. The summed E-state index contributed by atoms with van der Waals surface area (Å²) in [6.45, 7) is 2.07. The van der Waals surface area contributed by atoms with Gasteiger partial charge in [0.25, 0.3) is 0 Å². The minimum atomic E-state index is -0.289. The number of esters is 1. The van der Waals surface area contributed by atoms with E-state index in [4.69, 9.17) is 10.00 Å². The Morgan fingerprint density at radius 2 is 2.45 bits per heavy atom. The van der Waals surface area contributed by atoms with Gasteiger partial charge in [-0.3, -0.25) is 4.79 Å². The third kappa shape index (κ3) is 4.79. The second kappa shape index (κ2) is 6.17. The molecule has 0 rings (SSSR count). The molecule has 0 aliphatic rings. The van der Waals surface area contributed by atoms with E-state index in [-0.39, 0.29) is 23.8 Å². The molecule has 3 nitrogen and oxygen atoms in total. The summed E-state index contributed by atoms with van der Waals surface area (Å²) in [5.74, 6) is -0.289. The summed E-state index contributed by atoms with van der Waals surface area (Å²) in [5, 5.41) is 8.12. The lowest BCUT2D eigenvalue weighted by Crippen LogP contribution is -2.16. The highest BCUT2D eigenvalue weighted by molar-refractivity contribution is 9.10. The molecule has 62 valence electrons. The van der Waals surface area contributed by atoms with Crippen molar-refractivity contribution in [2.75, 3.05) is 6.61 Å². The molecule has 4 heteroatoms. The quantitative estimate of drug-likeness (QED) is 0.411. The van der Waals surface area contributed by atoms with Gasteiger partial charge in [-0.15, -0.1) is 0 Å². The number of rotatable bonds is 4. The zero-order valence-corrected chi connectivity index (χ0v) is 7.93. The van der Waals surface area contributed by atoms with Gasteiger partial charge in [0.1, 0.15) is 11.4 Å². The van der Waals surface area contributed by atoms with Crippen molar-refractivity contribution in [1.82, 2.24) is 0 Å². The Morgan fingerprint density at radius 1 is 1.82 bits per heavy atom. The molecule has 0 bridgehead atoms. The fraction of sp³-hybridized carbons (Fsp3) is 0.714. The first-order valence-corrected chi connectivity index (χ1v) is 4.31. The van der Waals surface area contributed by atoms with Crippen LogP contribution in [0, 0.1) is 11.3 Å². The maximum atomic E-state index is 10.9. The van der Waals surface area contributed by atoms with Crippen LogP contribution in [0.25, 0.3) is 0 Å². The number of halogens is 1. The standard InChI is InChI=1S/C7H10BrNO2/c1-2-6(8)7(10)11-5-3-4-9/h6H,2-3,5H2,1H3. The van der Waals surface area contributed by atoms with Gasteiger partial charge in [0.05, 0.1) is 12.5 Å². The highest BCUT2D eigenvalue weighted by Gasteiger charge is 2.12. The topological polar surface area (TPSA) is 50.1 Å². The number of hydrogen-bond donors (Lipinski definition) is 0. The van der Waals surface area contributed by atoms with Gasteiger partial charge in [-0.2, -0.15) is 5.26 Å². The van der Waals surface area contributed by atoms with Crippen LogP contribution in [0.2, 0.25) is 0 Å². The Kier molecular flexibility index (Phi) is 5.86. The van der Waals surface area contributed by atoms with Crippen LogP contribution < -0.4 is 0 Å². The normalized spacial score (nSPS) is 11.7. The molecule has 0 aromatic heterocycles. The molecular weight excluding hydrogens is 210 g/mol. The molecule has 0 N–H and O–H groups in total. The van der Waals surface area contributed by atoms with Gasteiger partial charge in [-0.05, 0) is 6.42 Å². The first-order chi connectivity index (χ1) is 5.22. The van der Waals surface area contributed by atoms with E-state index in [1.54, 1.807) is 0 Å². The summed E-state index contributed by atoms with van der Waals surface area (Å²) < 4.78 is 4.73. The highest BCUT2D eigenvalue weighted by Crippen LogP contribution is 2.06. The molecular formula is C7H10BrNO2. The molecule has 0 aliphatic heterocycles. The molecule has 0 heterocycles. The number of ether oxygens (including phenoxy) is 1. The van der Waals surface area contributed by atoms with E-state index in [1.165, 1.54) is 0 Å². The number of hydrogen-bond acceptors (Lipinski definition) is 3. The van der Waals surface area contributed by atoms with Gasteiger partial charge in [-0.1, -0.05) is 22.9 Å². The van der Waals surface area contributed by atoms with E-state index in [0.717, 1.165) is 0 Å². The van der Waals surface area contributed by atoms with Crippen molar-refractivity contribution < 1.29 is 9.53 Å². The number of alkyl halides is 1. The van der Waals surface area contributed by atoms with E-state index in [0.29, 0.717) is 6.42 Å². The Balaban J connectivity index is 3.46. The lowest BCUT2D eigenvalue weighted by atomic mass is 10.3. The number of carbonyl (C=O) groups is 1. The van der Waals surface area contributed by atoms with Crippen LogP contribution in [0.15, 0.2) is 0 Å². The minimum absolute atomic E-state index is 0.192. The van der Waals surface area contributed by atoms with E-state index in [2.05, 4.69) is 15.9 Å².